The molecule has 1 heterocycles. The van der Waals surface area contributed by atoms with Gasteiger partial charge < -0.3 is 14.8 Å². The van der Waals surface area contributed by atoms with Gasteiger partial charge >= 0.3 is 11.9 Å². The summed E-state index contributed by atoms with van der Waals surface area (Å²) in [5.74, 6) is -2.16. The molecule has 8 nitrogen and oxygen atoms in total. The lowest BCUT2D eigenvalue weighted by molar-refractivity contribution is -0.384. The first-order chi connectivity index (χ1) is 16.2. The van der Waals surface area contributed by atoms with Gasteiger partial charge in [-0.25, -0.2) is 9.59 Å². The molecule has 0 aromatic heterocycles. The molecule has 0 fully saturated rings. The minimum atomic E-state index is -0.889. The number of nitrogens with zero attached hydrogens (tertiary/aromatic N) is 1. The molecule has 0 saturated carbocycles. The van der Waals surface area contributed by atoms with Crippen LogP contribution in [0.15, 0.2) is 83.2 Å². The van der Waals surface area contributed by atoms with Crippen LogP contribution < -0.4 is 5.32 Å². The Morgan fingerprint density at radius 3 is 2.29 bits per heavy atom. The number of hydrogen-bond donors (Lipinski definition) is 1. The number of methoxy groups -OCH3 is 1. The molecule has 0 aliphatic carbocycles. The predicted octanol–water partition coefficient (Wildman–Crippen LogP) is 4.65. The number of non-ortho nitro benzene ring substituents is 1. The number of ether oxygens (including phenoxy) is 2. The molecule has 1 atom stereocenters. The monoisotopic (exact) mass is 462 g/mol. The Kier molecular flexibility index (Phi) is 7.63. The third-order valence-corrected chi connectivity index (χ3v) is 5.63. The van der Waals surface area contributed by atoms with Gasteiger partial charge in [0.2, 0.25) is 0 Å². The number of rotatable bonds is 7. The molecule has 0 saturated heterocycles. The Morgan fingerprint density at radius 1 is 1.03 bits per heavy atom. The zero-order chi connectivity index (χ0) is 24.8. The van der Waals surface area contributed by atoms with Crippen molar-refractivity contribution in [2.75, 3.05) is 13.7 Å². The molecule has 2 aromatic rings. The van der Waals surface area contributed by atoms with Crippen LogP contribution in [-0.2, 0) is 19.1 Å². The fourth-order valence-corrected chi connectivity index (χ4v) is 3.94. The first-order valence-electron chi connectivity index (χ1n) is 10.6. The molecule has 8 heteroatoms. The molecule has 34 heavy (non-hydrogen) atoms. The van der Waals surface area contributed by atoms with Crippen LogP contribution in [0.1, 0.15) is 37.8 Å². The lowest BCUT2D eigenvalue weighted by Crippen LogP contribution is -2.32. The number of carbonyl (C=O) groups is 2. The second kappa shape index (κ2) is 10.6. The van der Waals surface area contributed by atoms with Crippen LogP contribution in [0.2, 0.25) is 0 Å². The van der Waals surface area contributed by atoms with E-state index in [9.17, 15) is 19.7 Å². The minimum absolute atomic E-state index is 0.0221. The Morgan fingerprint density at radius 2 is 1.68 bits per heavy atom. The number of nitro benzene ring substituents is 1. The van der Waals surface area contributed by atoms with Gasteiger partial charge in [-0.2, -0.15) is 0 Å². The van der Waals surface area contributed by atoms with Crippen molar-refractivity contribution in [3.05, 3.63) is 104 Å². The summed E-state index contributed by atoms with van der Waals surface area (Å²) in [4.78, 5) is 36.7. The zero-order valence-corrected chi connectivity index (χ0v) is 19.5. The van der Waals surface area contributed by atoms with Crippen molar-refractivity contribution >= 4 is 23.2 Å². The van der Waals surface area contributed by atoms with Crippen molar-refractivity contribution < 1.29 is 24.0 Å². The van der Waals surface area contributed by atoms with Crippen LogP contribution in [-0.4, -0.2) is 30.6 Å². The molecule has 0 spiro atoms. The summed E-state index contributed by atoms with van der Waals surface area (Å²) < 4.78 is 10.5. The van der Waals surface area contributed by atoms with Gasteiger partial charge in [-0.3, -0.25) is 10.1 Å². The Hall–Kier alpha value is -4.20. The van der Waals surface area contributed by atoms with Crippen molar-refractivity contribution in [2.24, 2.45) is 0 Å². The molecule has 1 unspecified atom stereocenters. The van der Waals surface area contributed by atoms with Crippen LogP contribution in [0, 0.1) is 10.1 Å². The van der Waals surface area contributed by atoms with Crippen molar-refractivity contribution in [1.29, 1.82) is 0 Å². The number of dihydropyridines is 1. The minimum Gasteiger partial charge on any atom is -0.466 e. The van der Waals surface area contributed by atoms with Crippen LogP contribution >= 0.6 is 0 Å². The molecule has 1 N–H and O–H groups in total. The van der Waals surface area contributed by atoms with Gasteiger partial charge in [0.1, 0.15) is 6.61 Å². The summed E-state index contributed by atoms with van der Waals surface area (Å²) in [7, 11) is 1.24. The van der Waals surface area contributed by atoms with Crippen LogP contribution in [0.3, 0.4) is 0 Å². The maximum Gasteiger partial charge on any atom is 0.337 e. The third-order valence-electron chi connectivity index (χ3n) is 5.63. The van der Waals surface area contributed by atoms with E-state index < -0.39 is 22.8 Å². The van der Waals surface area contributed by atoms with E-state index in [0.717, 1.165) is 11.1 Å². The highest BCUT2D eigenvalue weighted by atomic mass is 16.6. The molecule has 1 aliphatic heterocycles. The van der Waals surface area contributed by atoms with E-state index in [-0.39, 0.29) is 23.4 Å². The number of esters is 2. The number of hydrogen-bond acceptors (Lipinski definition) is 7. The largest absolute Gasteiger partial charge is 0.466 e. The highest BCUT2D eigenvalue weighted by Crippen LogP contribution is 2.40. The van der Waals surface area contributed by atoms with E-state index in [1.54, 1.807) is 26.0 Å². The highest BCUT2D eigenvalue weighted by molar-refractivity contribution is 6.00. The first-order valence-corrected chi connectivity index (χ1v) is 10.6. The Labute approximate surface area is 197 Å². The lowest BCUT2D eigenvalue weighted by Gasteiger charge is -2.30. The molecule has 0 radical (unpaired) electrons. The number of nitrogens with one attached hydrogen (secondary N) is 1. The summed E-state index contributed by atoms with van der Waals surface area (Å²) in [5.41, 5.74) is 3.60. The molecular weight excluding hydrogens is 436 g/mol. The van der Waals surface area contributed by atoms with Gasteiger partial charge in [0.05, 0.1) is 29.1 Å². The number of carbonyl (C=O) groups excluding carboxylic acids is 2. The van der Waals surface area contributed by atoms with Crippen molar-refractivity contribution in [1.82, 2.24) is 5.32 Å². The molecule has 0 bridgehead atoms. The van der Waals surface area contributed by atoms with Crippen molar-refractivity contribution in [2.45, 2.75) is 26.7 Å². The van der Waals surface area contributed by atoms with Crippen LogP contribution in [0.25, 0.3) is 5.57 Å². The maximum absolute atomic E-state index is 13.2. The Bertz CT molecular complexity index is 1210. The standard InChI is InChI=1S/C26H26N2O6/c1-16(19-9-6-5-7-10-19)13-14-34-26(30)23-18(3)27-17(2)22(25(29)33-4)24(23)20-11-8-12-21(15-20)28(31)32/h5-13,15,24,27H,14H2,1-4H3/b16-13-. The fourth-order valence-electron chi connectivity index (χ4n) is 3.94. The highest BCUT2D eigenvalue weighted by Gasteiger charge is 2.38. The molecule has 1 aliphatic rings. The normalized spacial score (nSPS) is 16.1. The molecule has 2 aromatic carbocycles. The van der Waals surface area contributed by atoms with E-state index in [2.05, 4.69) is 5.32 Å². The van der Waals surface area contributed by atoms with Crippen LogP contribution in [0.4, 0.5) is 5.69 Å². The van der Waals surface area contributed by atoms with E-state index in [4.69, 9.17) is 9.47 Å². The molecular formula is C26H26N2O6. The summed E-state index contributed by atoms with van der Waals surface area (Å²) in [6.45, 7) is 5.33. The number of nitro groups is 1. The van der Waals surface area contributed by atoms with Crippen LogP contribution in [0.5, 0.6) is 0 Å². The second-order valence-electron chi connectivity index (χ2n) is 7.83. The fraction of sp³-hybridized carbons (Fsp3) is 0.231. The average Bonchev–Trinajstić information content (AvgIpc) is 2.83. The smallest absolute Gasteiger partial charge is 0.337 e. The van der Waals surface area contributed by atoms with E-state index in [0.29, 0.717) is 17.0 Å². The number of allylic oxidation sites excluding steroid dienone is 3. The number of benzene rings is 2. The van der Waals surface area contributed by atoms with Gasteiger partial charge in [0, 0.05) is 23.5 Å². The first kappa shape index (κ1) is 24.4. The Balaban J connectivity index is 1.97. The van der Waals surface area contributed by atoms with Gasteiger partial charge in [-0.15, -0.1) is 0 Å². The van der Waals surface area contributed by atoms with Gasteiger partial charge in [-0.1, -0.05) is 42.5 Å². The summed E-state index contributed by atoms with van der Waals surface area (Å²) >= 11 is 0. The predicted molar refractivity (Wildman–Crippen MR) is 127 cm³/mol. The van der Waals surface area contributed by atoms with Crippen molar-refractivity contribution in [3.63, 3.8) is 0 Å². The van der Waals surface area contributed by atoms with Gasteiger partial charge in [0.15, 0.2) is 0 Å². The van der Waals surface area contributed by atoms with E-state index in [1.165, 1.54) is 25.3 Å². The van der Waals surface area contributed by atoms with E-state index >= 15 is 0 Å². The summed E-state index contributed by atoms with van der Waals surface area (Å²) in [6.07, 6.45) is 1.80. The van der Waals surface area contributed by atoms with E-state index in [1.807, 2.05) is 37.3 Å². The van der Waals surface area contributed by atoms with Gasteiger partial charge in [0.25, 0.3) is 5.69 Å². The SMILES string of the molecule is COC(=O)C1=C(C)NC(C)=C(C(=O)OC/C=C(/C)c2ccccc2)C1c1cccc([N+](=O)[O-])c1. The summed E-state index contributed by atoms with van der Waals surface area (Å²) in [6, 6.07) is 15.5. The average molecular weight is 463 g/mol. The summed E-state index contributed by atoms with van der Waals surface area (Å²) in [5, 5.41) is 14.4. The van der Waals surface area contributed by atoms with Gasteiger partial charge in [-0.05, 0) is 43.5 Å². The lowest BCUT2D eigenvalue weighted by atomic mass is 9.80. The third kappa shape index (κ3) is 5.23. The van der Waals surface area contributed by atoms with Crippen molar-refractivity contribution in [3.8, 4) is 0 Å². The molecule has 176 valence electrons. The molecule has 3 rings (SSSR count). The quantitative estimate of drug-likeness (QED) is 0.362. The molecule has 0 amide bonds. The second-order valence-corrected chi connectivity index (χ2v) is 7.83. The topological polar surface area (TPSA) is 108 Å². The maximum atomic E-state index is 13.2. The zero-order valence-electron chi connectivity index (χ0n) is 19.5.